The van der Waals surface area contributed by atoms with Crippen molar-refractivity contribution in [1.29, 1.82) is 0 Å². The van der Waals surface area contributed by atoms with Crippen LogP contribution in [-0.2, 0) is 0 Å². The smallest absolute Gasteiger partial charge is 0.196 e. The van der Waals surface area contributed by atoms with Crippen LogP contribution in [0.15, 0.2) is 204 Å². The van der Waals surface area contributed by atoms with E-state index < -0.39 is 0 Å². The maximum atomic E-state index is 15.8. The molecular weight excluding hydrogens is 977 g/mol. The third kappa shape index (κ3) is 12.7. The monoisotopic (exact) mass is 1050 g/mol. The van der Waals surface area contributed by atoms with Gasteiger partial charge in [-0.1, -0.05) is 222 Å². The number of thioether (sulfide) groups is 2. The van der Waals surface area contributed by atoms with Crippen LogP contribution in [0, 0.1) is 18.8 Å². The predicted octanol–water partition coefficient (Wildman–Crippen LogP) is 20.9. The Kier molecular flexibility index (Phi) is 18.2. The maximum Gasteiger partial charge on any atom is 0.196 e. The number of rotatable bonds is 17. The highest BCUT2D eigenvalue weighted by molar-refractivity contribution is 8.03. The van der Waals surface area contributed by atoms with Gasteiger partial charge in [0.1, 0.15) is 0 Å². The van der Waals surface area contributed by atoms with Gasteiger partial charge in [0.25, 0.3) is 0 Å². The van der Waals surface area contributed by atoms with Gasteiger partial charge in [-0.2, -0.15) is 0 Å². The number of carbonyl (C=O) groups is 2. The molecule has 0 spiro atoms. The van der Waals surface area contributed by atoms with E-state index in [0.29, 0.717) is 34.1 Å². The van der Waals surface area contributed by atoms with E-state index in [1.807, 2.05) is 24.3 Å². The fourth-order valence-corrected chi connectivity index (χ4v) is 14.6. The molecule has 0 radical (unpaired) electrons. The molecule has 6 aromatic rings. The van der Waals surface area contributed by atoms with Crippen molar-refractivity contribution in [1.82, 2.24) is 0 Å². The fourth-order valence-electron chi connectivity index (χ4n) is 10.7. The summed E-state index contributed by atoms with van der Waals surface area (Å²) >= 11 is 6.22. The minimum Gasteiger partial charge on any atom is -0.288 e. The summed E-state index contributed by atoms with van der Waals surface area (Å²) in [4.78, 5) is 38.8. The summed E-state index contributed by atoms with van der Waals surface area (Å²) in [5.74, 6) is 2.71. The molecule has 2 nitrogen and oxygen atoms in total. The first-order valence-corrected chi connectivity index (χ1v) is 30.2. The molecule has 0 aliphatic heterocycles. The molecule has 0 amide bonds. The average molecular weight is 1050 g/mol. The molecule has 0 atom stereocenters. The van der Waals surface area contributed by atoms with Gasteiger partial charge in [-0.3, -0.25) is 9.59 Å². The Balaban J connectivity index is 1.08. The zero-order chi connectivity index (χ0) is 51.7. The van der Waals surface area contributed by atoms with E-state index in [-0.39, 0.29) is 11.6 Å². The predicted molar refractivity (Wildman–Crippen MR) is 320 cm³/mol. The van der Waals surface area contributed by atoms with E-state index >= 15 is 9.59 Å². The molecule has 3 aliphatic carbocycles. The second kappa shape index (κ2) is 25.1. The lowest BCUT2D eigenvalue weighted by molar-refractivity contribution is 0.0970. The lowest BCUT2D eigenvalue weighted by Gasteiger charge is -2.26. The van der Waals surface area contributed by atoms with Crippen LogP contribution >= 0.6 is 47.0 Å². The topological polar surface area (TPSA) is 34.1 Å². The number of benzene rings is 6. The van der Waals surface area contributed by atoms with Crippen molar-refractivity contribution in [2.45, 2.75) is 147 Å². The second-order valence-corrected chi connectivity index (χ2v) is 25.2. The van der Waals surface area contributed by atoms with Crippen molar-refractivity contribution in [3.63, 3.8) is 0 Å². The van der Waals surface area contributed by atoms with Crippen LogP contribution in [0.25, 0.3) is 16.7 Å². The number of aryl methyl sites for hydroxylation is 1. The van der Waals surface area contributed by atoms with Gasteiger partial charge in [0, 0.05) is 56.5 Å². The zero-order valence-corrected chi connectivity index (χ0v) is 47.3. The number of fused-ring (bicyclic) bond motifs is 2. The Morgan fingerprint density at radius 3 is 1.47 bits per heavy atom. The van der Waals surface area contributed by atoms with Crippen molar-refractivity contribution >= 4 is 64.2 Å². The molecule has 0 N–H and O–H groups in total. The van der Waals surface area contributed by atoms with Crippen LogP contribution in [-0.4, -0.2) is 11.6 Å². The Hall–Kier alpha value is -5.24. The average Bonchev–Trinajstić information content (AvgIpc) is 3.42. The van der Waals surface area contributed by atoms with Crippen LogP contribution in [0.5, 0.6) is 0 Å². The minimum atomic E-state index is -0.120. The molecular formula is C68H70O2S4. The van der Waals surface area contributed by atoms with E-state index in [2.05, 4.69) is 182 Å². The van der Waals surface area contributed by atoms with Gasteiger partial charge in [0.15, 0.2) is 11.6 Å². The van der Waals surface area contributed by atoms with E-state index in [9.17, 15) is 0 Å². The highest BCUT2D eigenvalue weighted by Crippen LogP contribution is 2.49. The first kappa shape index (κ1) is 53.6. The molecule has 0 heterocycles. The van der Waals surface area contributed by atoms with Crippen molar-refractivity contribution in [3.8, 4) is 11.1 Å². The Labute approximate surface area is 459 Å². The second-order valence-electron chi connectivity index (χ2n) is 20.6. The first-order chi connectivity index (χ1) is 36.0. The molecule has 378 valence electrons. The molecule has 74 heavy (non-hydrogen) atoms. The largest absolute Gasteiger partial charge is 0.288 e. The molecule has 2 saturated carbocycles. The van der Waals surface area contributed by atoms with E-state index in [1.54, 1.807) is 47.0 Å². The molecule has 2 fully saturated rings. The number of hydrogen-bond donors (Lipinski definition) is 0. The summed E-state index contributed by atoms with van der Waals surface area (Å²) in [6.07, 6.45) is 24.7. The fraction of sp³-hybridized carbons (Fsp3) is 0.294. The van der Waals surface area contributed by atoms with Crippen molar-refractivity contribution in [2.24, 2.45) is 11.8 Å². The third-order valence-corrected chi connectivity index (χ3v) is 19.4. The van der Waals surface area contributed by atoms with Crippen molar-refractivity contribution in [3.05, 3.63) is 219 Å². The SMILES string of the molecule is C=C/C(=C\C=C(/C)Sc1ccc(Sc2ccc(-c3ccc(C4CCC(C)CC4)cc3)cc2)c2c1C(=O)c1c(Sc3ccc(C)cc3)ccc(SC(/C=C\CC)=C/CC)c1C2=O)c1ccc(C2CCC(C)CC2)cc1. The van der Waals surface area contributed by atoms with Gasteiger partial charge in [-0.05, 0) is 163 Å². The van der Waals surface area contributed by atoms with Gasteiger partial charge in [0.05, 0.1) is 0 Å². The number of ketones is 2. The molecule has 6 aromatic carbocycles. The molecule has 3 aliphatic rings. The zero-order valence-electron chi connectivity index (χ0n) is 44.0. The van der Waals surface area contributed by atoms with Crippen LogP contribution in [0.1, 0.15) is 165 Å². The molecule has 0 bridgehead atoms. The summed E-state index contributed by atoms with van der Waals surface area (Å²) in [7, 11) is 0. The van der Waals surface area contributed by atoms with Crippen LogP contribution < -0.4 is 0 Å². The number of hydrogen-bond acceptors (Lipinski definition) is 6. The summed E-state index contributed by atoms with van der Waals surface area (Å²) in [6, 6.07) is 43.5. The van der Waals surface area contributed by atoms with Gasteiger partial charge >= 0.3 is 0 Å². The highest BCUT2D eigenvalue weighted by atomic mass is 32.2. The van der Waals surface area contributed by atoms with E-state index in [0.717, 1.165) is 80.6 Å². The number of allylic oxidation sites excluding steroid dienone is 8. The summed E-state index contributed by atoms with van der Waals surface area (Å²) < 4.78 is 0. The number of carbonyl (C=O) groups excluding carboxylic acids is 2. The van der Waals surface area contributed by atoms with E-state index in [1.165, 1.54) is 73.6 Å². The quantitative estimate of drug-likeness (QED) is 0.0668. The van der Waals surface area contributed by atoms with Crippen LogP contribution in [0.2, 0.25) is 0 Å². The molecule has 9 rings (SSSR count). The summed E-state index contributed by atoms with van der Waals surface area (Å²) in [5, 5.41) is 0. The molecule has 0 aromatic heterocycles. The van der Waals surface area contributed by atoms with Gasteiger partial charge in [-0.15, -0.1) is 0 Å². The molecule has 6 heteroatoms. The molecule has 0 saturated heterocycles. The Morgan fingerprint density at radius 2 is 0.986 bits per heavy atom. The minimum absolute atomic E-state index is 0.116. The van der Waals surface area contributed by atoms with Gasteiger partial charge in [-0.25, -0.2) is 0 Å². The van der Waals surface area contributed by atoms with Gasteiger partial charge < -0.3 is 0 Å². The van der Waals surface area contributed by atoms with Gasteiger partial charge in [0.2, 0.25) is 0 Å². The van der Waals surface area contributed by atoms with Crippen LogP contribution in [0.3, 0.4) is 0 Å². The summed E-state index contributed by atoms with van der Waals surface area (Å²) in [5.41, 5.74) is 10.5. The highest BCUT2D eigenvalue weighted by Gasteiger charge is 2.38. The Morgan fingerprint density at radius 1 is 0.541 bits per heavy atom. The molecule has 0 unspecified atom stereocenters. The van der Waals surface area contributed by atoms with Crippen molar-refractivity contribution in [2.75, 3.05) is 0 Å². The first-order valence-electron chi connectivity index (χ1n) is 26.9. The maximum absolute atomic E-state index is 15.8. The Bertz CT molecular complexity index is 3100. The summed E-state index contributed by atoms with van der Waals surface area (Å²) in [6.45, 7) is 17.4. The third-order valence-electron chi connectivity index (χ3n) is 15.1. The lowest BCUT2D eigenvalue weighted by Crippen LogP contribution is -2.24. The standard InChI is InChI=1S/C68H70O2S4/c1-8-11-13-56(12-9-2)72-60-42-43-62(73-57-36-18-46(6)19-37-57)66-65(60)68(70)64-61(74-58-38-34-55(35-39-58)54-32-30-53(31-33-54)51-23-16-45(5)17-24-51)41-40-59(63(64)67(66)69)71-47(7)20-25-48(10-3)49-26-28-52(29-27-49)50-21-14-44(4)15-22-50/h10-13,18-20,25-45,50-51H,3,8-9,14-17,21-24H2,1-2,4-7H3/b13-11-,47-20+,48-25+,56-12+. The van der Waals surface area contributed by atoms with Crippen LogP contribution in [0.4, 0.5) is 0 Å². The normalized spacial score (nSPS) is 19.4. The lowest BCUT2D eigenvalue weighted by atomic mass is 9.79. The van der Waals surface area contributed by atoms with E-state index in [4.69, 9.17) is 0 Å². The van der Waals surface area contributed by atoms with Crippen molar-refractivity contribution < 1.29 is 9.59 Å².